The van der Waals surface area contributed by atoms with Crippen molar-refractivity contribution < 1.29 is 54.8 Å². The van der Waals surface area contributed by atoms with Crippen molar-refractivity contribution in [2.45, 2.75) is 94.6 Å². The van der Waals surface area contributed by atoms with Crippen LogP contribution in [0.4, 0.5) is 0 Å². The number of phenolic OH excluding ortho intramolecular Hbond substituents is 2. The van der Waals surface area contributed by atoms with Crippen LogP contribution in [-0.4, -0.2) is 83.8 Å². The van der Waals surface area contributed by atoms with E-state index in [1.807, 2.05) is 42.5 Å². The maximum absolute atomic E-state index is 13.8. The Balaban J connectivity index is 1.32. The van der Waals surface area contributed by atoms with E-state index < -0.39 is 59.6 Å². The fourth-order valence-electron chi connectivity index (χ4n) is 7.36. The highest BCUT2D eigenvalue weighted by molar-refractivity contribution is 6.11. The smallest absolute Gasteiger partial charge is 0.335 e. The van der Waals surface area contributed by atoms with Gasteiger partial charge in [0, 0.05) is 17.4 Å². The Hall–Kier alpha value is -4.52. The number of aliphatic hydroxyl groups is 4. The van der Waals surface area contributed by atoms with E-state index in [-0.39, 0.29) is 52.5 Å². The summed E-state index contributed by atoms with van der Waals surface area (Å²) in [5.41, 5.74) is 1.26. The first-order chi connectivity index (χ1) is 23.9. The van der Waals surface area contributed by atoms with Crippen LogP contribution in [0.2, 0.25) is 0 Å². The number of Topliss-reactive ketones (excluding diaryl/α,β-unsaturated/α-hetero) is 1. The van der Waals surface area contributed by atoms with Gasteiger partial charge in [-0.15, -0.1) is 0 Å². The monoisotopic (exact) mass is 686 g/mol. The number of hydrogen-bond donors (Lipinski definition) is 7. The Kier molecular flexibility index (Phi) is 10.2. The first kappa shape index (κ1) is 35.3. The molecule has 0 spiro atoms. The molecule has 0 radical (unpaired) electrons. The second-order valence-corrected chi connectivity index (χ2v) is 13.4. The molecule has 11 heteroatoms. The van der Waals surface area contributed by atoms with E-state index in [9.17, 15) is 45.3 Å². The first-order valence-electron chi connectivity index (χ1n) is 16.9. The highest BCUT2D eigenvalue weighted by Crippen LogP contribution is 2.46. The molecular formula is C39H42O11. The topological polar surface area (TPSA) is 194 Å². The van der Waals surface area contributed by atoms with E-state index >= 15 is 0 Å². The van der Waals surface area contributed by atoms with Crippen molar-refractivity contribution in [1.29, 1.82) is 0 Å². The van der Waals surface area contributed by atoms with Crippen LogP contribution in [0.1, 0.15) is 75.1 Å². The van der Waals surface area contributed by atoms with E-state index in [1.54, 1.807) is 0 Å². The van der Waals surface area contributed by atoms with E-state index in [0.717, 1.165) is 36.1 Å². The molecule has 0 bridgehead atoms. The Morgan fingerprint density at radius 3 is 2.14 bits per heavy atom. The molecule has 11 nitrogen and oxygen atoms in total. The quantitative estimate of drug-likeness (QED) is 0.0876. The number of fused-ring (bicyclic) bond motifs is 1. The molecule has 4 aromatic rings. The third-order valence-electron chi connectivity index (χ3n) is 10.2. The number of aromatic hydroxyl groups is 2. The number of ether oxygens (including phenoxy) is 2. The molecule has 0 aromatic heterocycles. The summed E-state index contributed by atoms with van der Waals surface area (Å²) in [6.45, 7) is 1.45. The average molecular weight is 687 g/mol. The van der Waals surface area contributed by atoms with E-state index in [4.69, 9.17) is 9.47 Å². The van der Waals surface area contributed by atoms with Gasteiger partial charge >= 0.3 is 5.97 Å². The van der Waals surface area contributed by atoms with Crippen molar-refractivity contribution in [3.8, 4) is 17.2 Å². The summed E-state index contributed by atoms with van der Waals surface area (Å²) >= 11 is 0. The van der Waals surface area contributed by atoms with E-state index in [0.29, 0.717) is 19.3 Å². The Morgan fingerprint density at radius 1 is 0.840 bits per heavy atom. The van der Waals surface area contributed by atoms with Crippen LogP contribution in [0.3, 0.4) is 0 Å². The highest BCUT2D eigenvalue weighted by Gasteiger charge is 2.54. The van der Waals surface area contributed by atoms with Gasteiger partial charge in [0.15, 0.2) is 5.78 Å². The van der Waals surface area contributed by atoms with E-state index in [2.05, 4.69) is 12.1 Å². The van der Waals surface area contributed by atoms with Crippen LogP contribution < -0.4 is 4.74 Å². The number of rotatable bonds is 11. The van der Waals surface area contributed by atoms with Gasteiger partial charge in [-0.3, -0.25) is 4.79 Å². The molecule has 2 aliphatic rings. The van der Waals surface area contributed by atoms with Crippen molar-refractivity contribution in [2.24, 2.45) is 0 Å². The summed E-state index contributed by atoms with van der Waals surface area (Å²) in [6.07, 6.45) is -4.59. The number of carbonyl (C=O) groups excluding carboxylic acids is 1. The third-order valence-corrected chi connectivity index (χ3v) is 10.2. The number of carboxylic acids is 1. The largest absolute Gasteiger partial charge is 0.507 e. The lowest BCUT2D eigenvalue weighted by molar-refractivity contribution is -0.303. The lowest BCUT2D eigenvalue weighted by Gasteiger charge is -2.45. The zero-order chi connectivity index (χ0) is 35.7. The summed E-state index contributed by atoms with van der Waals surface area (Å²) in [5, 5.41) is 75.9. The number of phenols is 2. The lowest BCUT2D eigenvalue weighted by Crippen LogP contribution is -2.65. The second kappa shape index (κ2) is 14.4. The third kappa shape index (κ3) is 6.79. The molecule has 5 atom stereocenters. The maximum atomic E-state index is 13.8. The molecule has 1 aliphatic carbocycles. The molecular weight excluding hydrogens is 644 g/mol. The Bertz CT molecular complexity index is 1880. The number of aryl methyl sites for hydroxylation is 3. The average Bonchev–Trinajstić information content (AvgIpc) is 3.56. The summed E-state index contributed by atoms with van der Waals surface area (Å²) < 4.78 is 11.8. The number of ketones is 1. The molecule has 1 saturated heterocycles. The molecule has 4 aromatic carbocycles. The molecule has 50 heavy (non-hydrogen) atoms. The Morgan fingerprint density at radius 2 is 1.48 bits per heavy atom. The van der Waals surface area contributed by atoms with Gasteiger partial charge in [0.2, 0.25) is 6.29 Å². The van der Waals surface area contributed by atoms with Gasteiger partial charge in [-0.1, -0.05) is 67.4 Å². The number of aromatic carboxylic acids is 1. The minimum Gasteiger partial charge on any atom is -0.507 e. The minimum atomic E-state index is -1.85. The number of hydrogen-bond acceptors (Lipinski definition) is 10. The van der Waals surface area contributed by atoms with Crippen LogP contribution in [0.15, 0.2) is 66.7 Å². The normalized spacial score (nSPS) is 23.2. The Labute approximate surface area is 289 Å². The van der Waals surface area contributed by atoms with Crippen molar-refractivity contribution in [3.05, 3.63) is 100 Å². The molecule has 0 unspecified atom stereocenters. The molecule has 1 aliphatic heterocycles. The fourth-order valence-corrected chi connectivity index (χ4v) is 7.36. The minimum absolute atomic E-state index is 0.0140. The molecule has 6 rings (SSSR count). The summed E-state index contributed by atoms with van der Waals surface area (Å²) in [4.78, 5) is 25.9. The summed E-state index contributed by atoms with van der Waals surface area (Å²) in [6, 6.07) is 20.0. The molecule has 2 fully saturated rings. The standard InChI is InChI=1S/C39H42O11/c1-21-29(27(40)16-15-24-12-6-5-11-23(24)14-13-22-9-3-2-4-10-22)32(42)30-26(31(21)41)19-25(37(46)47)20-28(30)49-38-35(45)33(43)34(44)36(50-38)39(48)17-7-8-18-39/h2-6,9-12,19-20,33-36,38,41-45,48H,7-8,13-18H2,1H3,(H,46,47)/t33-,34-,35+,36-,38-/m0/s1. The molecule has 264 valence electrons. The zero-order valence-electron chi connectivity index (χ0n) is 27.7. The fraction of sp³-hybridized carbons (Fsp3) is 0.385. The molecule has 1 heterocycles. The number of aliphatic hydroxyl groups excluding tert-OH is 3. The first-order valence-corrected chi connectivity index (χ1v) is 16.9. The van der Waals surface area contributed by atoms with Gasteiger partial charge in [-0.2, -0.15) is 0 Å². The van der Waals surface area contributed by atoms with Crippen molar-refractivity contribution >= 4 is 22.5 Å². The molecule has 7 N–H and O–H groups in total. The predicted molar refractivity (Wildman–Crippen MR) is 183 cm³/mol. The molecule has 1 saturated carbocycles. The predicted octanol–water partition coefficient (Wildman–Crippen LogP) is 4.35. The number of benzene rings is 4. The van der Waals surface area contributed by atoms with Crippen LogP contribution in [0, 0.1) is 6.92 Å². The van der Waals surface area contributed by atoms with Gasteiger partial charge in [0.1, 0.15) is 41.7 Å². The van der Waals surface area contributed by atoms with Crippen molar-refractivity contribution in [1.82, 2.24) is 0 Å². The maximum Gasteiger partial charge on any atom is 0.335 e. The van der Waals surface area contributed by atoms with Gasteiger partial charge in [0.05, 0.1) is 22.1 Å². The van der Waals surface area contributed by atoms with Crippen LogP contribution in [0.5, 0.6) is 17.2 Å². The summed E-state index contributed by atoms with van der Waals surface area (Å²) in [5.74, 6) is -3.24. The van der Waals surface area contributed by atoms with Crippen molar-refractivity contribution in [2.75, 3.05) is 0 Å². The SMILES string of the molecule is Cc1c(C(=O)CCc2ccccc2CCc2ccccc2)c(O)c2c(O[C@H]3O[C@H](C4(O)CCCC4)[C@@H](O)[C@H](O)[C@H]3O)cc(C(=O)O)cc2c1O. The van der Waals surface area contributed by atoms with E-state index in [1.165, 1.54) is 12.5 Å². The number of carbonyl (C=O) groups is 2. The van der Waals surface area contributed by atoms with Crippen molar-refractivity contribution in [3.63, 3.8) is 0 Å². The van der Waals surface area contributed by atoms with Crippen LogP contribution >= 0.6 is 0 Å². The van der Waals surface area contributed by atoms with Gasteiger partial charge in [0.25, 0.3) is 0 Å². The van der Waals surface area contributed by atoms with Gasteiger partial charge in [-0.25, -0.2) is 4.79 Å². The zero-order valence-corrected chi connectivity index (χ0v) is 27.7. The van der Waals surface area contributed by atoms with Crippen LogP contribution in [0.25, 0.3) is 10.8 Å². The lowest BCUT2D eigenvalue weighted by atomic mass is 9.85. The summed E-state index contributed by atoms with van der Waals surface area (Å²) in [7, 11) is 0. The number of carboxylic acid groups (broad SMARTS) is 1. The second-order valence-electron chi connectivity index (χ2n) is 13.4. The highest BCUT2D eigenvalue weighted by atomic mass is 16.7. The van der Waals surface area contributed by atoms with Gasteiger partial charge in [-0.05, 0) is 67.9 Å². The van der Waals surface area contributed by atoms with Crippen LogP contribution in [-0.2, 0) is 24.0 Å². The molecule has 0 amide bonds. The van der Waals surface area contributed by atoms with Gasteiger partial charge < -0.3 is 45.2 Å².